The smallest absolute Gasteiger partial charge is 0.148 e. The Balaban J connectivity index is 2.10. The van der Waals surface area contributed by atoms with Crippen molar-refractivity contribution in [3.8, 4) is 18.1 Å². The molecule has 1 saturated heterocycles. The lowest BCUT2D eigenvalue weighted by Gasteiger charge is -2.29. The molecule has 2 rings (SSSR count). The molecule has 1 aliphatic rings. The molecule has 0 aromatic heterocycles. The summed E-state index contributed by atoms with van der Waals surface area (Å²) in [5.74, 6) is 2.98. The van der Waals surface area contributed by atoms with Gasteiger partial charge in [-0.05, 0) is 18.2 Å². The van der Waals surface area contributed by atoms with E-state index in [2.05, 4.69) is 10.8 Å². The molecule has 19 heavy (non-hydrogen) atoms. The van der Waals surface area contributed by atoms with Crippen LogP contribution < -0.4 is 4.74 Å². The van der Waals surface area contributed by atoms with Crippen molar-refractivity contribution >= 4 is 28.8 Å². The van der Waals surface area contributed by atoms with Crippen molar-refractivity contribution in [3.05, 3.63) is 28.8 Å². The minimum absolute atomic E-state index is 0.201. The van der Waals surface area contributed by atoms with Gasteiger partial charge in [-0.2, -0.15) is 0 Å². The fourth-order valence-corrected chi connectivity index (χ4v) is 2.36. The van der Waals surface area contributed by atoms with E-state index in [1.807, 2.05) is 12.1 Å². The topological polar surface area (TPSA) is 21.7 Å². The van der Waals surface area contributed by atoms with E-state index in [1.54, 1.807) is 6.07 Å². The summed E-state index contributed by atoms with van der Waals surface area (Å²) in [6.07, 6.45) is 5.14. The molecular formula is C14H14ClNO2S. The SMILES string of the molecule is C#CCOc1ccc(C(=S)N2CCOCC2)cc1Cl. The number of hydrogen-bond acceptors (Lipinski definition) is 3. The number of hydrogen-bond donors (Lipinski definition) is 0. The van der Waals surface area contributed by atoms with Crippen LogP contribution >= 0.6 is 23.8 Å². The van der Waals surface area contributed by atoms with Crippen molar-refractivity contribution in [1.29, 1.82) is 0 Å². The number of halogens is 1. The van der Waals surface area contributed by atoms with E-state index >= 15 is 0 Å². The quantitative estimate of drug-likeness (QED) is 0.630. The normalized spacial score (nSPS) is 14.8. The zero-order valence-corrected chi connectivity index (χ0v) is 12.0. The number of nitrogens with zero attached hydrogens (tertiary/aromatic N) is 1. The molecule has 1 aromatic carbocycles. The van der Waals surface area contributed by atoms with Crippen molar-refractivity contribution < 1.29 is 9.47 Å². The van der Waals surface area contributed by atoms with Crippen molar-refractivity contribution in [2.24, 2.45) is 0 Å². The molecule has 3 nitrogen and oxygen atoms in total. The summed E-state index contributed by atoms with van der Waals surface area (Å²) in [5.41, 5.74) is 0.912. The van der Waals surface area contributed by atoms with Gasteiger partial charge in [-0.15, -0.1) is 6.42 Å². The lowest BCUT2D eigenvalue weighted by molar-refractivity contribution is 0.0693. The third-order valence-electron chi connectivity index (χ3n) is 2.79. The Morgan fingerprint density at radius 2 is 2.21 bits per heavy atom. The average Bonchev–Trinajstić information content (AvgIpc) is 2.46. The first-order valence-corrected chi connectivity index (χ1v) is 6.74. The monoisotopic (exact) mass is 295 g/mol. The van der Waals surface area contributed by atoms with Crippen molar-refractivity contribution in [2.45, 2.75) is 0 Å². The Hall–Kier alpha value is -1.28. The van der Waals surface area contributed by atoms with Crippen molar-refractivity contribution in [3.63, 3.8) is 0 Å². The van der Waals surface area contributed by atoms with Crippen LogP contribution in [0.1, 0.15) is 5.56 Å². The molecule has 1 fully saturated rings. The summed E-state index contributed by atoms with van der Waals surface area (Å²) in [6.45, 7) is 3.24. The van der Waals surface area contributed by atoms with E-state index in [4.69, 9.17) is 39.7 Å². The van der Waals surface area contributed by atoms with Gasteiger partial charge < -0.3 is 14.4 Å². The van der Waals surface area contributed by atoms with Gasteiger partial charge in [-0.25, -0.2) is 0 Å². The second-order valence-electron chi connectivity index (χ2n) is 4.04. The summed E-state index contributed by atoms with van der Waals surface area (Å²) in [7, 11) is 0. The third-order valence-corrected chi connectivity index (χ3v) is 3.58. The molecule has 0 saturated carbocycles. The lowest BCUT2D eigenvalue weighted by atomic mass is 10.2. The molecule has 0 aliphatic carbocycles. The molecule has 0 amide bonds. The number of morpholine rings is 1. The first kappa shape index (κ1) is 14.1. The average molecular weight is 296 g/mol. The maximum atomic E-state index is 6.15. The molecule has 0 atom stereocenters. The number of rotatable bonds is 3. The van der Waals surface area contributed by atoms with Gasteiger partial charge in [0.1, 0.15) is 17.3 Å². The van der Waals surface area contributed by atoms with Gasteiger partial charge in [-0.1, -0.05) is 29.7 Å². The van der Waals surface area contributed by atoms with Crippen LogP contribution in [-0.2, 0) is 4.74 Å². The van der Waals surface area contributed by atoms with Crippen LogP contribution in [-0.4, -0.2) is 42.8 Å². The highest BCUT2D eigenvalue weighted by Crippen LogP contribution is 2.26. The Labute approximate surface area is 123 Å². The summed E-state index contributed by atoms with van der Waals surface area (Å²) in [4.78, 5) is 2.90. The van der Waals surface area contributed by atoms with E-state index in [0.29, 0.717) is 24.0 Å². The highest BCUT2D eigenvalue weighted by atomic mass is 35.5. The second-order valence-corrected chi connectivity index (χ2v) is 4.84. The predicted molar refractivity (Wildman–Crippen MR) is 79.9 cm³/mol. The van der Waals surface area contributed by atoms with Crippen LogP contribution in [0.2, 0.25) is 5.02 Å². The molecule has 5 heteroatoms. The minimum atomic E-state index is 0.201. The van der Waals surface area contributed by atoms with Crippen LogP contribution in [0.25, 0.3) is 0 Å². The standard InChI is InChI=1S/C14H14ClNO2S/c1-2-7-18-13-4-3-11(10-12(13)15)14(19)16-5-8-17-9-6-16/h1,3-4,10H,5-9H2. The van der Waals surface area contributed by atoms with E-state index < -0.39 is 0 Å². The third kappa shape index (κ3) is 3.60. The summed E-state index contributed by atoms with van der Waals surface area (Å²) in [5, 5.41) is 0.517. The fraction of sp³-hybridized carbons (Fsp3) is 0.357. The highest BCUT2D eigenvalue weighted by molar-refractivity contribution is 7.80. The van der Waals surface area contributed by atoms with Crippen LogP contribution in [0.5, 0.6) is 5.75 Å². The summed E-state index contributed by atoms with van der Waals surface area (Å²) >= 11 is 11.6. The maximum Gasteiger partial charge on any atom is 0.148 e. The maximum absolute atomic E-state index is 6.15. The molecule has 0 bridgehead atoms. The first-order chi connectivity index (χ1) is 9.22. The Morgan fingerprint density at radius 3 is 2.84 bits per heavy atom. The molecule has 0 radical (unpaired) electrons. The van der Waals surface area contributed by atoms with Crippen LogP contribution in [0.3, 0.4) is 0 Å². The number of thiocarbonyl (C=S) groups is 1. The number of benzene rings is 1. The van der Waals surface area contributed by atoms with Gasteiger partial charge in [0, 0.05) is 18.7 Å². The largest absolute Gasteiger partial charge is 0.479 e. The first-order valence-electron chi connectivity index (χ1n) is 5.95. The van der Waals surface area contributed by atoms with E-state index in [-0.39, 0.29) is 6.61 Å². The highest BCUT2D eigenvalue weighted by Gasteiger charge is 2.16. The van der Waals surface area contributed by atoms with Crippen LogP contribution in [0, 0.1) is 12.3 Å². The predicted octanol–water partition coefficient (Wildman–Crippen LogP) is 2.36. The van der Waals surface area contributed by atoms with Gasteiger partial charge in [-0.3, -0.25) is 0 Å². The fourth-order valence-electron chi connectivity index (χ4n) is 1.82. The van der Waals surface area contributed by atoms with Gasteiger partial charge in [0.2, 0.25) is 0 Å². The number of ether oxygens (including phenoxy) is 2. The van der Waals surface area contributed by atoms with E-state index in [9.17, 15) is 0 Å². The second kappa shape index (κ2) is 6.76. The van der Waals surface area contributed by atoms with Gasteiger partial charge in [0.15, 0.2) is 0 Å². The Morgan fingerprint density at radius 1 is 1.47 bits per heavy atom. The van der Waals surface area contributed by atoms with Gasteiger partial charge >= 0.3 is 0 Å². The Kier molecular flexibility index (Phi) is 5.03. The van der Waals surface area contributed by atoms with Crippen molar-refractivity contribution in [2.75, 3.05) is 32.9 Å². The van der Waals surface area contributed by atoms with Crippen molar-refractivity contribution in [1.82, 2.24) is 4.90 Å². The summed E-state index contributed by atoms with van der Waals surface area (Å²) in [6, 6.07) is 5.50. The van der Waals surface area contributed by atoms with Crippen LogP contribution in [0.15, 0.2) is 18.2 Å². The van der Waals surface area contributed by atoms with Crippen LogP contribution in [0.4, 0.5) is 0 Å². The zero-order valence-electron chi connectivity index (χ0n) is 10.4. The lowest BCUT2D eigenvalue weighted by Crippen LogP contribution is -2.40. The zero-order chi connectivity index (χ0) is 13.7. The molecule has 0 N–H and O–H groups in total. The Bertz CT molecular complexity index is 507. The molecule has 100 valence electrons. The number of terminal acetylenes is 1. The summed E-state index contributed by atoms with van der Waals surface area (Å²) < 4.78 is 10.6. The molecule has 1 heterocycles. The molecule has 0 spiro atoms. The van der Waals surface area contributed by atoms with Gasteiger partial charge in [0.05, 0.1) is 18.2 Å². The molecule has 0 unspecified atom stereocenters. The minimum Gasteiger partial charge on any atom is -0.479 e. The van der Waals surface area contributed by atoms with Gasteiger partial charge in [0.25, 0.3) is 0 Å². The van der Waals surface area contributed by atoms with E-state index in [0.717, 1.165) is 23.6 Å². The molecule has 1 aliphatic heterocycles. The van der Waals surface area contributed by atoms with E-state index in [1.165, 1.54) is 0 Å². The molecule has 1 aromatic rings. The molecular weight excluding hydrogens is 282 g/mol.